The molecular formula is C34H50ClN3S. The monoisotopic (exact) mass is 567 g/mol. The van der Waals surface area contributed by atoms with E-state index in [4.69, 9.17) is 29.5 Å². The Hall–Kier alpha value is -2.61. The van der Waals surface area contributed by atoms with Gasteiger partial charge >= 0.3 is 0 Å². The first-order chi connectivity index (χ1) is 18.9. The number of hydrogen-bond acceptors (Lipinski definition) is 4. The fraction of sp³-hybridized carbons (Fsp3) is 0.441. The molecule has 0 amide bonds. The molecule has 1 aliphatic carbocycles. The fourth-order valence-electron chi connectivity index (χ4n) is 3.80. The zero-order chi connectivity index (χ0) is 30.4. The van der Waals surface area contributed by atoms with E-state index < -0.39 is 0 Å². The lowest BCUT2D eigenvalue weighted by Gasteiger charge is -2.19. The number of fused-ring (bicyclic) bond motifs is 1. The smallest absolute Gasteiger partial charge is 0.115 e. The molecule has 0 radical (unpaired) electrons. The topological polar surface area (TPSA) is 49.6 Å². The molecule has 0 bridgehead atoms. The number of aryl methyl sites for hydroxylation is 4. The summed E-state index contributed by atoms with van der Waals surface area (Å²) in [7, 11) is 0. The Bertz CT molecular complexity index is 1120. The summed E-state index contributed by atoms with van der Waals surface area (Å²) in [5.41, 5.74) is 9.01. The van der Waals surface area contributed by atoms with Gasteiger partial charge in [0.05, 0.1) is 11.6 Å². The van der Waals surface area contributed by atoms with Crippen LogP contribution in [0.1, 0.15) is 104 Å². The van der Waals surface area contributed by atoms with Crippen molar-refractivity contribution in [3.8, 4) is 6.07 Å². The van der Waals surface area contributed by atoms with Gasteiger partial charge in [-0.15, -0.1) is 13.2 Å². The average Bonchev–Trinajstić information content (AvgIpc) is 3.00. The number of hydrogen-bond donors (Lipinski definition) is 1. The average molecular weight is 568 g/mol. The Morgan fingerprint density at radius 3 is 2.08 bits per heavy atom. The highest BCUT2D eigenvalue weighted by molar-refractivity contribution is 7.80. The fourth-order valence-corrected chi connectivity index (χ4v) is 4.25. The number of nitrogens with zero attached hydrogens (tertiary/aromatic N) is 3. The molecule has 0 aliphatic heterocycles. The molecule has 3 nitrogen and oxygen atoms in total. The lowest BCUT2D eigenvalue weighted by molar-refractivity contribution is 0.648. The highest BCUT2D eigenvalue weighted by atomic mass is 35.5. The van der Waals surface area contributed by atoms with Gasteiger partial charge in [0.1, 0.15) is 6.33 Å². The molecule has 5 heteroatoms. The van der Waals surface area contributed by atoms with Gasteiger partial charge in [0.2, 0.25) is 0 Å². The molecule has 1 atom stereocenters. The lowest BCUT2D eigenvalue weighted by atomic mass is 9.92. The van der Waals surface area contributed by atoms with Gasteiger partial charge in [0.15, 0.2) is 0 Å². The molecule has 39 heavy (non-hydrogen) atoms. The molecule has 1 heterocycles. The number of halogens is 1. The van der Waals surface area contributed by atoms with Crippen molar-refractivity contribution in [3.05, 3.63) is 106 Å². The van der Waals surface area contributed by atoms with Crippen LogP contribution in [-0.2, 0) is 19.3 Å². The molecular weight excluding hydrogens is 518 g/mol. The Labute approximate surface area is 250 Å². The van der Waals surface area contributed by atoms with E-state index in [0.717, 1.165) is 52.2 Å². The van der Waals surface area contributed by atoms with Crippen LogP contribution in [0.2, 0.25) is 5.02 Å². The summed E-state index contributed by atoms with van der Waals surface area (Å²) in [5.74, 6) is 0. The third-order valence-electron chi connectivity index (χ3n) is 5.68. The van der Waals surface area contributed by atoms with Gasteiger partial charge in [0, 0.05) is 28.1 Å². The summed E-state index contributed by atoms with van der Waals surface area (Å²) >= 11 is 10.9. The Morgan fingerprint density at radius 2 is 1.51 bits per heavy atom. The van der Waals surface area contributed by atoms with Crippen LogP contribution < -0.4 is 0 Å². The summed E-state index contributed by atoms with van der Waals surface area (Å²) in [6.07, 6.45) is 7.21. The summed E-state index contributed by atoms with van der Waals surface area (Å²) in [5, 5.41) is 9.54. The van der Waals surface area contributed by atoms with Crippen molar-refractivity contribution in [2.24, 2.45) is 0 Å². The minimum Gasteiger partial charge on any atom is -0.241 e. The molecule has 1 unspecified atom stereocenters. The molecule has 1 aliphatic rings. The van der Waals surface area contributed by atoms with Crippen molar-refractivity contribution >= 4 is 24.2 Å². The summed E-state index contributed by atoms with van der Waals surface area (Å²) in [6.45, 7) is 24.0. The quantitative estimate of drug-likeness (QED) is 0.253. The summed E-state index contributed by atoms with van der Waals surface area (Å²) in [4.78, 5) is 8.94. The normalized spacial score (nSPS) is 11.2. The molecule has 0 spiro atoms. The van der Waals surface area contributed by atoms with Crippen LogP contribution in [0.25, 0.3) is 0 Å². The molecule has 0 fully saturated rings. The van der Waals surface area contributed by atoms with E-state index in [2.05, 4.69) is 41.3 Å². The van der Waals surface area contributed by atoms with Gasteiger partial charge in [-0.05, 0) is 86.4 Å². The van der Waals surface area contributed by atoms with Gasteiger partial charge in [-0.1, -0.05) is 77.4 Å². The predicted octanol–water partition coefficient (Wildman–Crippen LogP) is 10.6. The molecule has 1 aromatic heterocycles. The van der Waals surface area contributed by atoms with Crippen LogP contribution in [0.15, 0.2) is 55.9 Å². The third-order valence-corrected chi connectivity index (χ3v) is 6.59. The van der Waals surface area contributed by atoms with E-state index in [9.17, 15) is 0 Å². The number of nitriles is 1. The zero-order valence-electron chi connectivity index (χ0n) is 25.7. The van der Waals surface area contributed by atoms with Gasteiger partial charge < -0.3 is 0 Å². The molecule has 3 aromatic rings. The summed E-state index contributed by atoms with van der Waals surface area (Å²) in [6, 6.07) is 14.1. The van der Waals surface area contributed by atoms with Crippen molar-refractivity contribution in [2.45, 2.75) is 99.7 Å². The van der Waals surface area contributed by atoms with Crippen LogP contribution >= 0.6 is 24.2 Å². The maximum atomic E-state index is 8.59. The predicted molar refractivity (Wildman–Crippen MR) is 176 cm³/mol. The molecule has 0 N–H and O–H groups in total. The van der Waals surface area contributed by atoms with Crippen LogP contribution in [0.4, 0.5) is 0 Å². The van der Waals surface area contributed by atoms with Crippen LogP contribution in [0, 0.1) is 32.1 Å². The highest BCUT2D eigenvalue weighted by Crippen LogP contribution is 2.30. The Kier molecular flexibility index (Phi) is 23.0. The number of benzene rings is 2. The van der Waals surface area contributed by atoms with Crippen molar-refractivity contribution in [1.29, 1.82) is 5.26 Å². The lowest BCUT2D eigenvalue weighted by Crippen LogP contribution is -2.12. The number of aromatic nitrogens is 2. The molecule has 0 saturated heterocycles. The second-order valence-corrected chi connectivity index (χ2v) is 9.14. The molecule has 2 aromatic carbocycles. The minimum atomic E-state index is 0.141. The largest absolute Gasteiger partial charge is 0.241 e. The van der Waals surface area contributed by atoms with Gasteiger partial charge in [-0.25, -0.2) is 9.97 Å². The van der Waals surface area contributed by atoms with Crippen molar-refractivity contribution in [2.75, 3.05) is 0 Å². The molecule has 4 rings (SSSR count). The van der Waals surface area contributed by atoms with E-state index in [1.807, 2.05) is 86.6 Å². The second kappa shape index (κ2) is 23.3. The SMILES string of the molecule is C=C.CC.CC.CC.Cc1cc(C(S)Cc2ncnc3c2CCCC3)ccc1Cl.Cc1ccc(C)c(C#N)c1. The first kappa shape index (κ1) is 38.5. The van der Waals surface area contributed by atoms with Crippen molar-refractivity contribution in [3.63, 3.8) is 0 Å². The molecule has 214 valence electrons. The second-order valence-electron chi connectivity index (χ2n) is 8.11. The zero-order valence-corrected chi connectivity index (χ0v) is 27.4. The van der Waals surface area contributed by atoms with Crippen LogP contribution in [0.5, 0.6) is 0 Å². The minimum absolute atomic E-state index is 0.141. The van der Waals surface area contributed by atoms with Gasteiger partial charge in [0.25, 0.3) is 0 Å². The van der Waals surface area contributed by atoms with E-state index in [-0.39, 0.29) is 5.25 Å². The van der Waals surface area contributed by atoms with Gasteiger partial charge in [-0.3, -0.25) is 0 Å². The molecule has 0 saturated carbocycles. The van der Waals surface area contributed by atoms with Crippen molar-refractivity contribution < 1.29 is 0 Å². The summed E-state index contributed by atoms with van der Waals surface area (Å²) < 4.78 is 0. The van der Waals surface area contributed by atoms with E-state index in [1.54, 1.807) is 6.33 Å². The standard InChI is InChI=1S/C17H19ClN2S.C9H9N.3C2H6.C2H4/c1-11-8-12(6-7-14(11)18)17(21)9-16-13-4-2-3-5-15(13)19-10-20-16;1-7-3-4-8(2)9(5-7)6-10;4*1-2/h6-8,10,17,21H,2-5,9H2,1H3;3-5H,1-2H3;3*1-2H3;1-2H2. The van der Waals surface area contributed by atoms with Crippen LogP contribution in [-0.4, -0.2) is 9.97 Å². The van der Waals surface area contributed by atoms with Crippen LogP contribution in [0.3, 0.4) is 0 Å². The van der Waals surface area contributed by atoms with Crippen molar-refractivity contribution in [1.82, 2.24) is 9.97 Å². The Morgan fingerprint density at radius 1 is 0.897 bits per heavy atom. The number of thiol groups is 1. The maximum absolute atomic E-state index is 8.59. The van der Waals surface area contributed by atoms with Gasteiger partial charge in [-0.2, -0.15) is 17.9 Å². The Balaban J connectivity index is 0. The highest BCUT2D eigenvalue weighted by Gasteiger charge is 2.18. The van der Waals surface area contributed by atoms with E-state index in [0.29, 0.717) is 0 Å². The first-order valence-electron chi connectivity index (χ1n) is 14.1. The van der Waals surface area contributed by atoms with E-state index >= 15 is 0 Å². The number of rotatable bonds is 3. The first-order valence-corrected chi connectivity index (χ1v) is 15.0. The maximum Gasteiger partial charge on any atom is 0.115 e. The third kappa shape index (κ3) is 13.3. The van der Waals surface area contributed by atoms with E-state index in [1.165, 1.54) is 29.7 Å².